The van der Waals surface area contributed by atoms with Gasteiger partial charge in [-0.1, -0.05) is 106 Å². The maximum atomic E-state index is 15.0. The van der Waals surface area contributed by atoms with Gasteiger partial charge in [-0.2, -0.15) is 0 Å². The minimum absolute atomic E-state index is 0.0215. The molecule has 0 bridgehead atoms. The normalized spacial score (nSPS) is 38.8. The van der Waals surface area contributed by atoms with E-state index in [0.717, 1.165) is 49.7 Å². The molecule has 9 atom stereocenters. The molecule has 0 saturated heterocycles. The summed E-state index contributed by atoms with van der Waals surface area (Å²) in [6.07, 6.45) is 8.71. The Morgan fingerprint density at radius 1 is 0.800 bits per heavy atom. The number of fused-ring (bicyclic) bond motifs is 7. The second-order valence-electron chi connectivity index (χ2n) is 19.2. The quantitative estimate of drug-likeness (QED) is 0.158. The van der Waals surface area contributed by atoms with E-state index in [-0.39, 0.29) is 58.3 Å². The summed E-state index contributed by atoms with van der Waals surface area (Å²) in [6, 6.07) is 19.9. The zero-order valence-electron chi connectivity index (χ0n) is 34.0. The van der Waals surface area contributed by atoms with Crippen molar-refractivity contribution in [2.24, 2.45) is 55.4 Å². The van der Waals surface area contributed by atoms with Crippen LogP contribution in [0.5, 0.6) is 0 Å². The monoisotopic (exact) mass is 749 g/mol. The first-order valence-electron chi connectivity index (χ1n) is 20.4. The molecule has 7 rings (SSSR count). The van der Waals surface area contributed by atoms with Gasteiger partial charge in [0.25, 0.3) is 0 Å². The van der Waals surface area contributed by atoms with Crippen molar-refractivity contribution in [3.8, 4) is 0 Å². The fourth-order valence-electron chi connectivity index (χ4n) is 12.5. The number of oxime groups is 1. The van der Waals surface area contributed by atoms with E-state index < -0.39 is 28.3 Å². The van der Waals surface area contributed by atoms with Crippen LogP contribution in [0.2, 0.25) is 0 Å². The average Bonchev–Trinajstić information content (AvgIpc) is 3.14. The molecule has 4 fully saturated rings. The van der Waals surface area contributed by atoms with Gasteiger partial charge in [-0.05, 0) is 115 Å². The molecular weight excluding hydrogens is 691 g/mol. The average molecular weight is 750 g/mol. The van der Waals surface area contributed by atoms with E-state index >= 15 is 4.79 Å². The fourth-order valence-corrected chi connectivity index (χ4v) is 12.5. The molecule has 4 saturated carbocycles. The first-order valence-corrected chi connectivity index (χ1v) is 20.4. The molecule has 0 amide bonds. The SMILES string of the molecule is CC(=O)OCC1(C)/C(=N/OC(C)=O)CC[C@]2(C)C3C(=O)C=C4[C@@H]5C[C@@](C)(C(=O)OC(c6ccccc6)c6ccccc6)CC[C@]5(C)CC[C@@]4(C)[C@]3(C)CC[C@@H]12. The van der Waals surface area contributed by atoms with Gasteiger partial charge in [0.2, 0.25) is 0 Å². The van der Waals surface area contributed by atoms with Crippen molar-refractivity contribution in [3.63, 3.8) is 0 Å². The first-order chi connectivity index (χ1) is 25.9. The second kappa shape index (κ2) is 13.8. The standard InChI is InChI=1S/C47H59NO7/c1-30(49)53-29-45(6)37-19-22-47(8)40(44(37,5)21-20-38(45)48-55-31(2)50)36(51)27-34-35-28-43(4,24-23-42(35,3)25-26-46(34,47)7)41(52)54-39(32-15-11-9-12-16-32)33-17-13-10-14-18-33/h9-18,27,35,37,39-40H,19-26,28-29H2,1-8H3/b48-38+/t35-,37+,40?,42+,43-,44-,45?,46+,47+/m0/s1. The molecule has 2 aromatic rings. The van der Waals surface area contributed by atoms with E-state index in [0.29, 0.717) is 25.0 Å². The minimum atomic E-state index is -0.713. The van der Waals surface area contributed by atoms with E-state index in [1.807, 2.05) is 66.7 Å². The Bertz CT molecular complexity index is 1880. The lowest BCUT2D eigenvalue weighted by Gasteiger charge is -2.70. The molecule has 2 unspecified atom stereocenters. The highest BCUT2D eigenvalue weighted by atomic mass is 16.7. The van der Waals surface area contributed by atoms with Crippen LogP contribution in [0.25, 0.3) is 0 Å². The largest absolute Gasteiger partial charge is 0.465 e. The second-order valence-corrected chi connectivity index (χ2v) is 19.2. The molecular formula is C47H59NO7. The van der Waals surface area contributed by atoms with E-state index in [1.54, 1.807) is 0 Å². The number of benzene rings is 2. The number of rotatable bonds is 7. The van der Waals surface area contributed by atoms with Crippen molar-refractivity contribution in [1.29, 1.82) is 0 Å². The number of carbonyl (C=O) groups excluding carboxylic acids is 4. The van der Waals surface area contributed by atoms with E-state index in [1.165, 1.54) is 19.4 Å². The molecule has 2 aromatic carbocycles. The predicted molar refractivity (Wildman–Crippen MR) is 210 cm³/mol. The molecule has 8 nitrogen and oxygen atoms in total. The lowest BCUT2D eigenvalue weighted by molar-refractivity contribution is -0.183. The van der Waals surface area contributed by atoms with E-state index in [4.69, 9.17) is 14.3 Å². The van der Waals surface area contributed by atoms with Crippen LogP contribution in [-0.4, -0.2) is 36.0 Å². The van der Waals surface area contributed by atoms with Crippen molar-refractivity contribution >= 4 is 29.4 Å². The van der Waals surface area contributed by atoms with Crippen LogP contribution in [-0.2, 0) is 33.5 Å². The Labute approximate surface area is 326 Å². The van der Waals surface area contributed by atoms with Gasteiger partial charge in [0, 0.05) is 25.2 Å². The molecule has 0 aliphatic heterocycles. The maximum absolute atomic E-state index is 15.0. The summed E-state index contributed by atoms with van der Waals surface area (Å²) >= 11 is 0. The van der Waals surface area contributed by atoms with Gasteiger partial charge in [-0.3, -0.25) is 14.4 Å². The third-order valence-electron chi connectivity index (χ3n) is 16.0. The van der Waals surface area contributed by atoms with Crippen molar-refractivity contribution < 1.29 is 33.5 Å². The van der Waals surface area contributed by atoms with Crippen LogP contribution in [0.15, 0.2) is 77.5 Å². The number of hydrogen-bond donors (Lipinski definition) is 0. The van der Waals surface area contributed by atoms with Crippen molar-refractivity contribution in [2.75, 3.05) is 6.61 Å². The highest BCUT2D eigenvalue weighted by Gasteiger charge is 2.71. The molecule has 0 radical (unpaired) electrons. The zero-order chi connectivity index (χ0) is 39.6. The number of nitrogens with zero attached hydrogens (tertiary/aromatic N) is 1. The lowest BCUT2D eigenvalue weighted by atomic mass is 9.33. The maximum Gasteiger partial charge on any atom is 0.331 e. The molecule has 55 heavy (non-hydrogen) atoms. The topological polar surface area (TPSA) is 108 Å². The smallest absolute Gasteiger partial charge is 0.331 e. The number of ether oxygens (including phenoxy) is 2. The van der Waals surface area contributed by atoms with Gasteiger partial charge < -0.3 is 14.3 Å². The molecule has 294 valence electrons. The van der Waals surface area contributed by atoms with Gasteiger partial charge in [-0.15, -0.1) is 0 Å². The number of esters is 2. The van der Waals surface area contributed by atoms with Crippen LogP contribution in [0.4, 0.5) is 0 Å². The van der Waals surface area contributed by atoms with Gasteiger partial charge >= 0.3 is 17.9 Å². The van der Waals surface area contributed by atoms with Crippen molar-refractivity contribution in [3.05, 3.63) is 83.4 Å². The zero-order valence-corrected chi connectivity index (χ0v) is 34.0. The molecule has 5 aliphatic carbocycles. The van der Waals surface area contributed by atoms with Crippen LogP contribution < -0.4 is 0 Å². The van der Waals surface area contributed by atoms with Gasteiger partial charge in [0.1, 0.15) is 6.61 Å². The number of carbonyl (C=O) groups is 4. The summed E-state index contributed by atoms with van der Waals surface area (Å²) in [5.41, 5.74) is 1.40. The fraction of sp³-hybridized carbons (Fsp3) is 0.596. The van der Waals surface area contributed by atoms with Gasteiger partial charge in [0.15, 0.2) is 11.9 Å². The summed E-state index contributed by atoms with van der Waals surface area (Å²) in [4.78, 5) is 58.7. The number of hydrogen-bond acceptors (Lipinski definition) is 8. The van der Waals surface area contributed by atoms with Crippen LogP contribution >= 0.6 is 0 Å². The summed E-state index contributed by atoms with van der Waals surface area (Å²) in [5.74, 6) is -1.08. The highest BCUT2D eigenvalue weighted by Crippen LogP contribution is 2.75. The van der Waals surface area contributed by atoms with Gasteiger partial charge in [0.05, 0.1) is 11.1 Å². The Hall–Kier alpha value is -4.07. The van der Waals surface area contributed by atoms with Crippen LogP contribution in [0, 0.1) is 50.2 Å². The number of ketones is 1. The number of allylic oxidation sites excluding steroid dienone is 2. The first kappa shape index (κ1) is 39.2. The molecule has 0 aromatic heterocycles. The van der Waals surface area contributed by atoms with Crippen LogP contribution in [0.3, 0.4) is 0 Å². The van der Waals surface area contributed by atoms with E-state index in [9.17, 15) is 14.4 Å². The summed E-state index contributed by atoms with van der Waals surface area (Å²) in [6.45, 7) is 16.4. The predicted octanol–water partition coefficient (Wildman–Crippen LogP) is 9.76. The Morgan fingerprint density at radius 3 is 2.02 bits per heavy atom. The van der Waals surface area contributed by atoms with Gasteiger partial charge in [-0.25, -0.2) is 4.79 Å². The summed E-state index contributed by atoms with van der Waals surface area (Å²) in [5, 5.41) is 4.33. The third kappa shape index (κ3) is 6.30. The highest BCUT2D eigenvalue weighted by molar-refractivity contribution is 5.97. The summed E-state index contributed by atoms with van der Waals surface area (Å²) in [7, 11) is 0. The molecule has 8 heteroatoms. The lowest BCUT2D eigenvalue weighted by Crippen LogP contribution is -2.67. The summed E-state index contributed by atoms with van der Waals surface area (Å²) < 4.78 is 12.2. The third-order valence-corrected chi connectivity index (χ3v) is 16.0. The van der Waals surface area contributed by atoms with Crippen molar-refractivity contribution in [1.82, 2.24) is 0 Å². The van der Waals surface area contributed by atoms with E-state index in [2.05, 4.69) is 46.7 Å². The molecule has 5 aliphatic rings. The molecule has 0 N–H and O–H groups in total. The Kier molecular flexibility index (Phi) is 9.86. The Morgan fingerprint density at radius 2 is 1.42 bits per heavy atom. The molecule has 0 heterocycles. The Balaban J connectivity index is 1.22. The minimum Gasteiger partial charge on any atom is -0.465 e. The molecule has 0 spiro atoms. The van der Waals surface area contributed by atoms with Crippen LogP contribution in [0.1, 0.15) is 130 Å². The van der Waals surface area contributed by atoms with Crippen molar-refractivity contribution in [2.45, 2.75) is 119 Å².